The number of anilines is 2. The number of nitrogens with one attached hydrogen (secondary N) is 3. The quantitative estimate of drug-likeness (QED) is 0.358. The molecule has 2 aliphatic rings. The van der Waals surface area contributed by atoms with Crippen molar-refractivity contribution in [1.82, 2.24) is 25.3 Å². The molecule has 3 atom stereocenters. The standard InChI is InChI=1S/C25H23ClN6O3/c1-11(34-2)24-28-10-17-19(32-24)12(7-8-27-17)21-22(29-15-6-4-5-14(26)23(15)35-3)18-20(31-21)13-9-16(13)30-25(18)33/h4-8,10-11,13,16,29,31H,9H2,1-3H3,(H,30,33)/t11-,13-,16+/m1/s1. The van der Waals surface area contributed by atoms with E-state index in [1.807, 2.05) is 25.1 Å². The fraction of sp³-hybridized carbons (Fsp3) is 0.280. The second kappa shape index (κ2) is 8.21. The number of amides is 1. The van der Waals surface area contributed by atoms with Crippen LogP contribution in [0, 0.1) is 0 Å². The molecule has 1 saturated carbocycles. The second-order valence-corrected chi connectivity index (χ2v) is 9.14. The van der Waals surface area contributed by atoms with Crippen LogP contribution in [0.15, 0.2) is 36.7 Å². The van der Waals surface area contributed by atoms with E-state index in [0.717, 1.165) is 23.4 Å². The highest BCUT2D eigenvalue weighted by Crippen LogP contribution is 2.50. The van der Waals surface area contributed by atoms with Crippen LogP contribution in [0.2, 0.25) is 5.02 Å². The van der Waals surface area contributed by atoms with Gasteiger partial charge in [-0.1, -0.05) is 17.7 Å². The molecule has 9 nitrogen and oxygen atoms in total. The molecule has 10 heteroatoms. The van der Waals surface area contributed by atoms with E-state index in [1.165, 1.54) is 0 Å². The van der Waals surface area contributed by atoms with E-state index in [4.69, 9.17) is 26.1 Å². The normalized spacial score (nSPS) is 19.0. The Balaban J connectivity index is 1.59. The van der Waals surface area contributed by atoms with Gasteiger partial charge < -0.3 is 25.1 Å². The Labute approximate surface area is 206 Å². The summed E-state index contributed by atoms with van der Waals surface area (Å²) in [5, 5.41) is 7.00. The lowest BCUT2D eigenvalue weighted by atomic mass is 10.0. The van der Waals surface area contributed by atoms with Crippen LogP contribution in [-0.4, -0.2) is 46.1 Å². The van der Waals surface area contributed by atoms with Crippen LogP contribution in [0.5, 0.6) is 5.75 Å². The number of para-hydroxylation sites is 1. The molecule has 35 heavy (non-hydrogen) atoms. The Morgan fingerprint density at radius 1 is 1.23 bits per heavy atom. The Bertz CT molecular complexity index is 1490. The first-order valence-corrected chi connectivity index (χ1v) is 11.7. The minimum absolute atomic E-state index is 0.119. The SMILES string of the molecule is COc1c(Cl)cccc1Nc1c(-c2ccnc3cnc([C@@H](C)OC)nc23)[nH]c2c1C(=O)N[C@H]1C[C@@H]21. The van der Waals surface area contributed by atoms with Gasteiger partial charge in [0.05, 0.1) is 41.0 Å². The summed E-state index contributed by atoms with van der Waals surface area (Å²) in [6.45, 7) is 1.89. The van der Waals surface area contributed by atoms with Crippen LogP contribution in [0.4, 0.5) is 11.4 Å². The maximum absolute atomic E-state index is 13.2. The average molecular weight is 491 g/mol. The number of fused-ring (bicyclic) bond motifs is 4. The first kappa shape index (κ1) is 21.8. The predicted octanol–water partition coefficient (Wildman–Crippen LogP) is 4.73. The van der Waals surface area contributed by atoms with Gasteiger partial charge in [-0.3, -0.25) is 9.78 Å². The molecular formula is C25H23ClN6O3. The van der Waals surface area contributed by atoms with Gasteiger partial charge in [0.15, 0.2) is 11.6 Å². The first-order valence-electron chi connectivity index (χ1n) is 11.3. The van der Waals surface area contributed by atoms with Crippen molar-refractivity contribution in [2.45, 2.75) is 31.4 Å². The third-order valence-electron chi connectivity index (χ3n) is 6.65. The number of hydrogen-bond acceptors (Lipinski definition) is 7. The number of ether oxygens (including phenoxy) is 2. The molecule has 0 radical (unpaired) electrons. The van der Waals surface area contributed by atoms with Crippen LogP contribution >= 0.6 is 11.6 Å². The monoisotopic (exact) mass is 490 g/mol. The molecule has 0 unspecified atom stereocenters. The van der Waals surface area contributed by atoms with Crippen LogP contribution in [0.3, 0.4) is 0 Å². The molecule has 4 aromatic rings. The summed E-state index contributed by atoms with van der Waals surface area (Å²) in [5.41, 5.74) is 5.63. The van der Waals surface area contributed by atoms with Crippen molar-refractivity contribution in [3.63, 3.8) is 0 Å². The highest BCUT2D eigenvalue weighted by atomic mass is 35.5. The highest BCUT2D eigenvalue weighted by Gasteiger charge is 2.48. The van der Waals surface area contributed by atoms with Crippen LogP contribution in [0.25, 0.3) is 22.3 Å². The molecule has 1 aliphatic heterocycles. The fourth-order valence-corrected chi connectivity index (χ4v) is 4.93. The summed E-state index contributed by atoms with van der Waals surface area (Å²) in [6, 6.07) is 7.50. The fourth-order valence-electron chi connectivity index (χ4n) is 4.68. The van der Waals surface area contributed by atoms with Gasteiger partial charge in [-0.15, -0.1) is 0 Å². The lowest BCUT2D eigenvalue weighted by Crippen LogP contribution is -2.31. The Morgan fingerprint density at radius 2 is 2.09 bits per heavy atom. The number of carbonyl (C=O) groups is 1. The van der Waals surface area contributed by atoms with Crippen molar-refractivity contribution >= 4 is 39.9 Å². The van der Waals surface area contributed by atoms with Gasteiger partial charge in [-0.2, -0.15) is 0 Å². The summed E-state index contributed by atoms with van der Waals surface area (Å²) < 4.78 is 11.0. The maximum Gasteiger partial charge on any atom is 0.255 e. The summed E-state index contributed by atoms with van der Waals surface area (Å²) in [4.78, 5) is 30.4. The molecule has 1 aliphatic carbocycles. The molecule has 3 N–H and O–H groups in total. The molecule has 1 fully saturated rings. The lowest BCUT2D eigenvalue weighted by Gasteiger charge is -2.17. The Kier molecular flexibility index (Phi) is 5.12. The Morgan fingerprint density at radius 3 is 2.89 bits per heavy atom. The number of methoxy groups -OCH3 is 2. The number of nitrogens with zero attached hydrogens (tertiary/aromatic N) is 3. The maximum atomic E-state index is 13.2. The molecule has 4 heterocycles. The van der Waals surface area contributed by atoms with Gasteiger partial charge in [0.1, 0.15) is 17.1 Å². The number of hydrogen-bond donors (Lipinski definition) is 3. The molecule has 1 amide bonds. The summed E-state index contributed by atoms with van der Waals surface area (Å²) in [5.74, 6) is 1.18. The summed E-state index contributed by atoms with van der Waals surface area (Å²) in [6.07, 6.45) is 4.03. The average Bonchev–Trinajstić information content (AvgIpc) is 3.55. The van der Waals surface area contributed by atoms with Crippen molar-refractivity contribution in [3.8, 4) is 17.0 Å². The van der Waals surface area contributed by atoms with Gasteiger partial charge in [-0.25, -0.2) is 9.97 Å². The van der Waals surface area contributed by atoms with Crippen LogP contribution < -0.4 is 15.4 Å². The number of rotatable bonds is 6. The molecule has 1 aromatic carbocycles. The van der Waals surface area contributed by atoms with E-state index in [-0.39, 0.29) is 24.0 Å². The number of aromatic nitrogens is 4. The third kappa shape index (κ3) is 3.50. The van der Waals surface area contributed by atoms with Crippen molar-refractivity contribution in [3.05, 3.63) is 58.8 Å². The molecule has 0 spiro atoms. The summed E-state index contributed by atoms with van der Waals surface area (Å²) in [7, 11) is 3.18. The second-order valence-electron chi connectivity index (χ2n) is 8.73. The minimum Gasteiger partial charge on any atom is -0.493 e. The molecule has 178 valence electrons. The zero-order valence-electron chi connectivity index (χ0n) is 19.3. The highest BCUT2D eigenvalue weighted by molar-refractivity contribution is 6.32. The molecule has 0 bridgehead atoms. The van der Waals surface area contributed by atoms with E-state index >= 15 is 0 Å². The zero-order valence-corrected chi connectivity index (χ0v) is 20.1. The predicted molar refractivity (Wildman–Crippen MR) is 132 cm³/mol. The van der Waals surface area contributed by atoms with Crippen molar-refractivity contribution in [2.75, 3.05) is 19.5 Å². The van der Waals surface area contributed by atoms with Crippen molar-refractivity contribution < 1.29 is 14.3 Å². The smallest absolute Gasteiger partial charge is 0.255 e. The largest absolute Gasteiger partial charge is 0.493 e. The minimum atomic E-state index is -0.282. The number of carbonyl (C=O) groups excluding carboxylic acids is 1. The zero-order chi connectivity index (χ0) is 24.3. The topological polar surface area (TPSA) is 114 Å². The van der Waals surface area contributed by atoms with Crippen molar-refractivity contribution in [2.24, 2.45) is 0 Å². The van der Waals surface area contributed by atoms with Gasteiger partial charge in [0, 0.05) is 36.5 Å². The molecule has 6 rings (SSSR count). The van der Waals surface area contributed by atoms with E-state index in [9.17, 15) is 4.79 Å². The van der Waals surface area contributed by atoms with Gasteiger partial charge in [-0.05, 0) is 31.5 Å². The number of H-pyrrole nitrogens is 1. The van der Waals surface area contributed by atoms with Crippen LogP contribution in [0.1, 0.15) is 47.2 Å². The van der Waals surface area contributed by atoms with Crippen molar-refractivity contribution in [1.29, 1.82) is 0 Å². The van der Waals surface area contributed by atoms with Crippen LogP contribution in [-0.2, 0) is 4.74 Å². The molecular weight excluding hydrogens is 468 g/mol. The van der Waals surface area contributed by atoms with Gasteiger partial charge >= 0.3 is 0 Å². The van der Waals surface area contributed by atoms with E-state index < -0.39 is 0 Å². The van der Waals surface area contributed by atoms with Gasteiger partial charge in [0.25, 0.3) is 5.91 Å². The van der Waals surface area contributed by atoms with Gasteiger partial charge in [0.2, 0.25) is 0 Å². The molecule has 3 aromatic heterocycles. The van der Waals surface area contributed by atoms with E-state index in [0.29, 0.717) is 44.6 Å². The van der Waals surface area contributed by atoms with E-state index in [2.05, 4.69) is 25.6 Å². The lowest BCUT2D eigenvalue weighted by molar-refractivity contribution is 0.0944. The number of halogens is 1. The molecule has 0 saturated heterocycles. The summed E-state index contributed by atoms with van der Waals surface area (Å²) >= 11 is 6.38. The first-order chi connectivity index (χ1) is 17.0. The third-order valence-corrected chi connectivity index (χ3v) is 6.95. The number of pyridine rings is 1. The Hall–Kier alpha value is -3.69. The van der Waals surface area contributed by atoms with E-state index in [1.54, 1.807) is 32.7 Å². The number of benzene rings is 1. The number of aromatic amines is 1.